The molecule has 2 heteroatoms. The summed E-state index contributed by atoms with van der Waals surface area (Å²) in [6, 6.07) is 16.5. The van der Waals surface area contributed by atoms with Crippen molar-refractivity contribution in [3.8, 4) is 0 Å². The highest BCUT2D eigenvalue weighted by atomic mass is 15.1. The van der Waals surface area contributed by atoms with Crippen molar-refractivity contribution in [1.29, 1.82) is 0 Å². The van der Waals surface area contributed by atoms with Crippen LogP contribution in [0.5, 0.6) is 0 Å². The van der Waals surface area contributed by atoms with Crippen molar-refractivity contribution in [3.05, 3.63) is 54.1 Å². The van der Waals surface area contributed by atoms with Gasteiger partial charge in [-0.1, -0.05) is 18.2 Å². The summed E-state index contributed by atoms with van der Waals surface area (Å²) in [6.45, 7) is 5.19. The Labute approximate surface area is 103 Å². The number of hydrogen-bond donors (Lipinski definition) is 1. The summed E-state index contributed by atoms with van der Waals surface area (Å²) in [6.07, 6.45) is 0. The number of nitrogens with two attached hydrogens (primary N) is 1. The van der Waals surface area contributed by atoms with E-state index in [9.17, 15) is 0 Å². The van der Waals surface area contributed by atoms with Crippen molar-refractivity contribution < 1.29 is 0 Å². The molecule has 0 atom stereocenters. The Bertz CT molecular complexity index is 492. The van der Waals surface area contributed by atoms with E-state index >= 15 is 0 Å². The van der Waals surface area contributed by atoms with E-state index in [1.807, 2.05) is 18.2 Å². The van der Waals surface area contributed by atoms with Gasteiger partial charge in [0.2, 0.25) is 0 Å². The SMILES string of the molecule is CCN(c1ccccc1)c1ccc(N)cc1C. The molecule has 2 rings (SSSR count). The molecule has 0 saturated heterocycles. The number of nitrogen functional groups attached to an aromatic ring is 1. The van der Waals surface area contributed by atoms with E-state index in [4.69, 9.17) is 5.73 Å². The number of rotatable bonds is 3. The van der Waals surface area contributed by atoms with E-state index in [0.717, 1.165) is 12.2 Å². The van der Waals surface area contributed by atoms with Gasteiger partial charge in [-0.15, -0.1) is 0 Å². The van der Waals surface area contributed by atoms with Crippen LogP contribution in [-0.2, 0) is 0 Å². The molecule has 0 aliphatic rings. The lowest BCUT2D eigenvalue weighted by atomic mass is 10.1. The molecule has 0 aromatic heterocycles. The van der Waals surface area contributed by atoms with Crippen molar-refractivity contribution in [2.75, 3.05) is 17.2 Å². The lowest BCUT2D eigenvalue weighted by Crippen LogP contribution is -2.17. The molecular weight excluding hydrogens is 208 g/mol. The zero-order valence-corrected chi connectivity index (χ0v) is 10.4. The summed E-state index contributed by atoms with van der Waals surface area (Å²) in [7, 11) is 0. The van der Waals surface area contributed by atoms with Crippen LogP contribution >= 0.6 is 0 Å². The standard InChI is InChI=1S/C15H18N2/c1-3-17(14-7-5-4-6-8-14)15-10-9-13(16)11-12(15)2/h4-11H,3,16H2,1-2H3. The average molecular weight is 226 g/mol. The summed E-state index contributed by atoms with van der Waals surface area (Å²) < 4.78 is 0. The summed E-state index contributed by atoms with van der Waals surface area (Å²) in [5.41, 5.74) is 10.2. The van der Waals surface area contributed by atoms with E-state index in [-0.39, 0.29) is 0 Å². The van der Waals surface area contributed by atoms with Crippen LogP contribution in [0.1, 0.15) is 12.5 Å². The second-order valence-electron chi connectivity index (χ2n) is 4.13. The normalized spacial score (nSPS) is 10.2. The Morgan fingerprint density at radius 3 is 2.35 bits per heavy atom. The third kappa shape index (κ3) is 2.41. The van der Waals surface area contributed by atoms with Crippen LogP contribution in [0.2, 0.25) is 0 Å². The number of hydrogen-bond acceptors (Lipinski definition) is 2. The summed E-state index contributed by atoms with van der Waals surface area (Å²) >= 11 is 0. The molecule has 2 aromatic carbocycles. The predicted octanol–water partition coefficient (Wildman–Crippen LogP) is 3.74. The van der Waals surface area contributed by atoms with Crippen LogP contribution in [0.15, 0.2) is 48.5 Å². The van der Waals surface area contributed by atoms with Crippen molar-refractivity contribution in [2.24, 2.45) is 0 Å². The van der Waals surface area contributed by atoms with Crippen LogP contribution in [0.3, 0.4) is 0 Å². The van der Waals surface area contributed by atoms with Gasteiger partial charge in [-0.05, 0) is 49.7 Å². The van der Waals surface area contributed by atoms with Crippen LogP contribution in [0.4, 0.5) is 17.1 Å². The van der Waals surface area contributed by atoms with Crippen LogP contribution < -0.4 is 10.6 Å². The predicted molar refractivity (Wildman–Crippen MR) is 74.7 cm³/mol. The van der Waals surface area contributed by atoms with Crippen molar-refractivity contribution in [2.45, 2.75) is 13.8 Å². The number of aryl methyl sites for hydroxylation is 1. The Morgan fingerprint density at radius 1 is 1.06 bits per heavy atom. The van der Waals surface area contributed by atoms with Crippen molar-refractivity contribution in [1.82, 2.24) is 0 Å². The fourth-order valence-electron chi connectivity index (χ4n) is 2.08. The molecule has 2 nitrogen and oxygen atoms in total. The Hall–Kier alpha value is -1.96. The summed E-state index contributed by atoms with van der Waals surface area (Å²) in [5, 5.41) is 0. The highest BCUT2D eigenvalue weighted by molar-refractivity contribution is 5.68. The van der Waals surface area contributed by atoms with Gasteiger partial charge in [-0.2, -0.15) is 0 Å². The maximum atomic E-state index is 5.79. The van der Waals surface area contributed by atoms with Gasteiger partial charge in [-0.3, -0.25) is 0 Å². The fraction of sp³-hybridized carbons (Fsp3) is 0.200. The van der Waals surface area contributed by atoms with E-state index in [1.165, 1.54) is 16.9 Å². The minimum absolute atomic E-state index is 0.815. The molecule has 0 amide bonds. The first kappa shape index (κ1) is 11.5. The van der Waals surface area contributed by atoms with Crippen LogP contribution in [-0.4, -0.2) is 6.54 Å². The molecule has 0 radical (unpaired) electrons. The van der Waals surface area contributed by atoms with Crippen molar-refractivity contribution in [3.63, 3.8) is 0 Å². The largest absolute Gasteiger partial charge is 0.399 e. The minimum Gasteiger partial charge on any atom is -0.399 e. The summed E-state index contributed by atoms with van der Waals surface area (Å²) in [4.78, 5) is 2.29. The highest BCUT2D eigenvalue weighted by Crippen LogP contribution is 2.28. The highest BCUT2D eigenvalue weighted by Gasteiger charge is 2.09. The van der Waals surface area contributed by atoms with Gasteiger partial charge in [0.05, 0.1) is 0 Å². The first-order valence-corrected chi connectivity index (χ1v) is 5.91. The van der Waals surface area contributed by atoms with Gasteiger partial charge in [0.25, 0.3) is 0 Å². The molecule has 2 aromatic rings. The molecule has 0 aliphatic heterocycles. The monoisotopic (exact) mass is 226 g/mol. The number of anilines is 3. The molecular formula is C15H18N2. The molecule has 0 spiro atoms. The average Bonchev–Trinajstić information content (AvgIpc) is 2.34. The Morgan fingerprint density at radius 2 is 1.76 bits per heavy atom. The molecule has 0 unspecified atom stereocenters. The van der Waals surface area contributed by atoms with E-state index < -0.39 is 0 Å². The van der Waals surface area contributed by atoms with Crippen molar-refractivity contribution >= 4 is 17.1 Å². The third-order valence-electron chi connectivity index (χ3n) is 2.90. The third-order valence-corrected chi connectivity index (χ3v) is 2.90. The molecule has 0 aliphatic carbocycles. The molecule has 2 N–H and O–H groups in total. The molecule has 0 saturated carbocycles. The number of para-hydroxylation sites is 1. The van der Waals surface area contributed by atoms with E-state index in [0.29, 0.717) is 0 Å². The van der Waals surface area contributed by atoms with Crippen LogP contribution in [0.25, 0.3) is 0 Å². The fourth-order valence-corrected chi connectivity index (χ4v) is 2.08. The van der Waals surface area contributed by atoms with E-state index in [2.05, 4.69) is 49.1 Å². The maximum absolute atomic E-state index is 5.79. The molecule has 88 valence electrons. The van der Waals surface area contributed by atoms with Gasteiger partial charge < -0.3 is 10.6 Å². The second kappa shape index (κ2) is 4.91. The Kier molecular flexibility index (Phi) is 3.33. The van der Waals surface area contributed by atoms with Gasteiger partial charge in [0.15, 0.2) is 0 Å². The zero-order chi connectivity index (χ0) is 12.3. The smallest absolute Gasteiger partial charge is 0.0441 e. The first-order valence-electron chi connectivity index (χ1n) is 5.91. The number of nitrogens with zero attached hydrogens (tertiary/aromatic N) is 1. The Balaban J connectivity index is 2.42. The van der Waals surface area contributed by atoms with Crippen LogP contribution in [0, 0.1) is 6.92 Å². The molecule has 0 bridgehead atoms. The molecule has 17 heavy (non-hydrogen) atoms. The lowest BCUT2D eigenvalue weighted by Gasteiger charge is -2.25. The van der Waals surface area contributed by atoms with Gasteiger partial charge in [0.1, 0.15) is 0 Å². The second-order valence-corrected chi connectivity index (χ2v) is 4.13. The first-order chi connectivity index (χ1) is 8.22. The topological polar surface area (TPSA) is 29.3 Å². The molecule has 0 heterocycles. The molecule has 0 fully saturated rings. The quantitative estimate of drug-likeness (QED) is 0.808. The zero-order valence-electron chi connectivity index (χ0n) is 10.4. The summed E-state index contributed by atoms with van der Waals surface area (Å²) in [5.74, 6) is 0. The van der Waals surface area contributed by atoms with Gasteiger partial charge >= 0.3 is 0 Å². The van der Waals surface area contributed by atoms with Gasteiger partial charge in [0, 0.05) is 23.6 Å². The lowest BCUT2D eigenvalue weighted by molar-refractivity contribution is 1.02. The minimum atomic E-state index is 0.815. The number of benzene rings is 2. The van der Waals surface area contributed by atoms with Gasteiger partial charge in [-0.25, -0.2) is 0 Å². The van der Waals surface area contributed by atoms with E-state index in [1.54, 1.807) is 0 Å². The maximum Gasteiger partial charge on any atom is 0.0441 e.